The highest BCUT2D eigenvalue weighted by atomic mass is 16.2. The Balaban J connectivity index is 2.69. The summed E-state index contributed by atoms with van der Waals surface area (Å²) in [5.74, 6) is -0.0890. The monoisotopic (exact) mass is 240 g/mol. The van der Waals surface area contributed by atoms with Gasteiger partial charge in [-0.2, -0.15) is 0 Å². The number of hydrogen-bond donors (Lipinski definition) is 1. The second-order valence-electron chi connectivity index (χ2n) is 5.05. The van der Waals surface area contributed by atoms with E-state index in [-0.39, 0.29) is 23.4 Å². The molecule has 0 saturated carbocycles. The molecule has 4 nitrogen and oxygen atoms in total. The smallest absolute Gasteiger partial charge is 0.246 e. The second-order valence-corrected chi connectivity index (χ2v) is 5.05. The fourth-order valence-corrected chi connectivity index (χ4v) is 2.13. The first-order valence-electron chi connectivity index (χ1n) is 6.59. The molecule has 1 saturated heterocycles. The van der Waals surface area contributed by atoms with Crippen LogP contribution in [0.1, 0.15) is 53.4 Å². The summed E-state index contributed by atoms with van der Waals surface area (Å²) in [4.78, 5) is 25.2. The van der Waals surface area contributed by atoms with Gasteiger partial charge in [0.2, 0.25) is 11.8 Å². The van der Waals surface area contributed by atoms with E-state index < -0.39 is 0 Å². The van der Waals surface area contributed by atoms with Gasteiger partial charge in [-0.1, -0.05) is 20.8 Å². The first-order valence-corrected chi connectivity index (χ1v) is 6.59. The maximum absolute atomic E-state index is 12.1. The molecule has 1 unspecified atom stereocenters. The number of hydrogen-bond acceptors (Lipinski definition) is 3. The number of amides is 2. The lowest BCUT2D eigenvalue weighted by atomic mass is 9.94. The molecule has 0 bridgehead atoms. The van der Waals surface area contributed by atoms with Gasteiger partial charge in [-0.15, -0.1) is 0 Å². The second kappa shape index (κ2) is 5.63. The minimum atomic E-state index is -0.320. The van der Waals surface area contributed by atoms with Crippen LogP contribution in [0.15, 0.2) is 0 Å². The minimum Gasteiger partial charge on any atom is -0.300 e. The van der Waals surface area contributed by atoms with Gasteiger partial charge in [0.25, 0.3) is 0 Å². The summed E-state index contributed by atoms with van der Waals surface area (Å²) in [7, 11) is 0. The Bertz CT molecular complexity index is 298. The van der Waals surface area contributed by atoms with E-state index in [9.17, 15) is 9.59 Å². The van der Waals surface area contributed by atoms with E-state index in [1.807, 2.05) is 6.92 Å². The van der Waals surface area contributed by atoms with E-state index in [2.05, 4.69) is 26.1 Å². The summed E-state index contributed by atoms with van der Waals surface area (Å²) in [6.45, 7) is 8.82. The van der Waals surface area contributed by atoms with E-state index in [1.165, 1.54) is 4.90 Å². The minimum absolute atomic E-state index is 0.0380. The Kier molecular flexibility index (Phi) is 4.69. The summed E-state index contributed by atoms with van der Waals surface area (Å²) in [6, 6.07) is -0.320. The SMILES string of the molecule is CCCN1C(=O)CC(NC(C)(CC)CC)C1=O. The number of likely N-dealkylation sites (tertiary alicyclic amines) is 1. The van der Waals surface area contributed by atoms with Gasteiger partial charge in [0.1, 0.15) is 0 Å². The molecule has 0 spiro atoms. The molecule has 1 rings (SSSR count). The highest BCUT2D eigenvalue weighted by molar-refractivity contribution is 6.05. The normalized spacial score (nSPS) is 21.4. The molecule has 2 amide bonds. The molecule has 1 atom stereocenters. The van der Waals surface area contributed by atoms with Crippen LogP contribution in [-0.2, 0) is 9.59 Å². The standard InChI is InChI=1S/C13H24N2O2/c1-5-8-15-11(16)9-10(12(15)17)14-13(4,6-2)7-3/h10,14H,5-9H2,1-4H3. The van der Waals surface area contributed by atoms with Gasteiger partial charge in [0.15, 0.2) is 0 Å². The van der Waals surface area contributed by atoms with Gasteiger partial charge in [0, 0.05) is 12.1 Å². The number of nitrogens with zero attached hydrogens (tertiary/aromatic N) is 1. The van der Waals surface area contributed by atoms with Crippen molar-refractivity contribution in [1.29, 1.82) is 0 Å². The Morgan fingerprint density at radius 3 is 2.35 bits per heavy atom. The number of rotatable bonds is 6. The molecule has 0 radical (unpaired) electrons. The van der Waals surface area contributed by atoms with Crippen molar-refractivity contribution < 1.29 is 9.59 Å². The third-order valence-corrected chi connectivity index (χ3v) is 3.77. The van der Waals surface area contributed by atoms with Crippen LogP contribution in [0.2, 0.25) is 0 Å². The van der Waals surface area contributed by atoms with Crippen LogP contribution < -0.4 is 5.32 Å². The summed E-state index contributed by atoms with van der Waals surface area (Å²) >= 11 is 0. The Morgan fingerprint density at radius 2 is 1.88 bits per heavy atom. The molecule has 0 aromatic carbocycles. The first-order chi connectivity index (χ1) is 7.97. The molecule has 1 aliphatic rings. The van der Waals surface area contributed by atoms with Crippen molar-refractivity contribution >= 4 is 11.8 Å². The van der Waals surface area contributed by atoms with Crippen LogP contribution >= 0.6 is 0 Å². The molecular formula is C13H24N2O2. The van der Waals surface area contributed by atoms with E-state index >= 15 is 0 Å². The molecule has 4 heteroatoms. The maximum Gasteiger partial charge on any atom is 0.246 e. The third-order valence-electron chi connectivity index (χ3n) is 3.77. The number of nitrogens with one attached hydrogen (secondary N) is 1. The zero-order valence-electron chi connectivity index (χ0n) is 11.4. The van der Waals surface area contributed by atoms with Crippen LogP contribution in [0, 0.1) is 0 Å². The molecular weight excluding hydrogens is 216 g/mol. The van der Waals surface area contributed by atoms with Crippen LogP contribution in [0.4, 0.5) is 0 Å². The lowest BCUT2D eigenvalue weighted by molar-refractivity contribution is -0.139. The van der Waals surface area contributed by atoms with Crippen LogP contribution in [0.25, 0.3) is 0 Å². The number of carbonyl (C=O) groups excluding carboxylic acids is 2. The molecule has 0 aromatic heterocycles. The number of imide groups is 1. The molecule has 1 aliphatic heterocycles. The Morgan fingerprint density at radius 1 is 1.29 bits per heavy atom. The predicted octanol–water partition coefficient (Wildman–Crippen LogP) is 1.69. The topological polar surface area (TPSA) is 49.4 Å². The first kappa shape index (κ1) is 14.2. The van der Waals surface area contributed by atoms with E-state index in [0.717, 1.165) is 19.3 Å². The molecule has 17 heavy (non-hydrogen) atoms. The van der Waals surface area contributed by atoms with Crippen molar-refractivity contribution in [2.75, 3.05) is 6.54 Å². The average molecular weight is 240 g/mol. The summed E-state index contributed by atoms with van der Waals surface area (Å²) in [5, 5.41) is 3.35. The Labute approximate surface area is 104 Å². The van der Waals surface area contributed by atoms with Crippen molar-refractivity contribution in [3.05, 3.63) is 0 Å². The van der Waals surface area contributed by atoms with E-state index in [4.69, 9.17) is 0 Å². The van der Waals surface area contributed by atoms with Gasteiger partial charge < -0.3 is 5.32 Å². The lowest BCUT2D eigenvalue weighted by Crippen LogP contribution is -2.50. The van der Waals surface area contributed by atoms with E-state index in [0.29, 0.717) is 13.0 Å². The van der Waals surface area contributed by atoms with Crippen molar-refractivity contribution in [1.82, 2.24) is 10.2 Å². The molecule has 1 N–H and O–H groups in total. The fraction of sp³-hybridized carbons (Fsp3) is 0.846. The Hall–Kier alpha value is -0.900. The summed E-state index contributed by atoms with van der Waals surface area (Å²) in [5.41, 5.74) is -0.0527. The summed E-state index contributed by atoms with van der Waals surface area (Å²) in [6.07, 6.45) is 3.04. The van der Waals surface area contributed by atoms with Crippen molar-refractivity contribution in [2.45, 2.75) is 65.0 Å². The van der Waals surface area contributed by atoms with Gasteiger partial charge >= 0.3 is 0 Å². The van der Waals surface area contributed by atoms with Gasteiger partial charge in [-0.25, -0.2) is 0 Å². The fourth-order valence-electron chi connectivity index (χ4n) is 2.13. The highest BCUT2D eigenvalue weighted by Crippen LogP contribution is 2.20. The van der Waals surface area contributed by atoms with Gasteiger partial charge in [-0.3, -0.25) is 14.5 Å². The lowest BCUT2D eigenvalue weighted by Gasteiger charge is -2.31. The average Bonchev–Trinajstić information content (AvgIpc) is 2.57. The largest absolute Gasteiger partial charge is 0.300 e. The predicted molar refractivity (Wildman–Crippen MR) is 67.5 cm³/mol. The third kappa shape index (κ3) is 3.06. The number of carbonyl (C=O) groups is 2. The van der Waals surface area contributed by atoms with Gasteiger partial charge in [0.05, 0.1) is 12.5 Å². The van der Waals surface area contributed by atoms with Crippen molar-refractivity contribution in [2.24, 2.45) is 0 Å². The molecule has 1 fully saturated rings. The quantitative estimate of drug-likeness (QED) is 0.719. The highest BCUT2D eigenvalue weighted by Gasteiger charge is 2.40. The van der Waals surface area contributed by atoms with Crippen LogP contribution in [-0.4, -0.2) is 34.8 Å². The van der Waals surface area contributed by atoms with Crippen molar-refractivity contribution in [3.63, 3.8) is 0 Å². The van der Waals surface area contributed by atoms with E-state index in [1.54, 1.807) is 0 Å². The summed E-state index contributed by atoms with van der Waals surface area (Å²) < 4.78 is 0. The molecule has 0 aliphatic carbocycles. The molecule has 0 aromatic rings. The zero-order valence-corrected chi connectivity index (χ0v) is 11.4. The van der Waals surface area contributed by atoms with Crippen LogP contribution in [0.3, 0.4) is 0 Å². The van der Waals surface area contributed by atoms with Crippen molar-refractivity contribution in [3.8, 4) is 0 Å². The molecule has 1 heterocycles. The molecule has 98 valence electrons. The van der Waals surface area contributed by atoms with Crippen LogP contribution in [0.5, 0.6) is 0 Å². The van der Waals surface area contributed by atoms with Gasteiger partial charge in [-0.05, 0) is 26.2 Å². The maximum atomic E-state index is 12.1. The zero-order chi connectivity index (χ0) is 13.1.